The van der Waals surface area contributed by atoms with Crippen molar-refractivity contribution in [2.75, 3.05) is 4.72 Å². The maximum atomic E-state index is 12.8. The molecule has 1 unspecified atom stereocenters. The summed E-state index contributed by atoms with van der Waals surface area (Å²) < 4.78 is 56.4. The van der Waals surface area contributed by atoms with E-state index < -0.39 is 26.1 Å². The first-order chi connectivity index (χ1) is 14.5. The minimum Gasteiger partial charge on any atom is -0.253 e. The molecular formula is C18H18BrClN4O4S3. The van der Waals surface area contributed by atoms with Crippen molar-refractivity contribution in [1.29, 1.82) is 0 Å². The van der Waals surface area contributed by atoms with Crippen LogP contribution in [0.3, 0.4) is 0 Å². The molecular weight excluding hydrogens is 548 g/mol. The van der Waals surface area contributed by atoms with Gasteiger partial charge in [-0.1, -0.05) is 52.7 Å². The Labute approximate surface area is 198 Å². The third-order valence-corrected chi connectivity index (χ3v) is 8.77. The van der Waals surface area contributed by atoms with E-state index in [-0.39, 0.29) is 20.8 Å². The van der Waals surface area contributed by atoms with Gasteiger partial charge in [-0.3, -0.25) is 4.72 Å². The van der Waals surface area contributed by atoms with Crippen molar-refractivity contribution >= 4 is 64.0 Å². The van der Waals surface area contributed by atoms with Crippen molar-refractivity contribution in [1.82, 2.24) is 14.9 Å². The van der Waals surface area contributed by atoms with E-state index in [2.05, 4.69) is 35.6 Å². The third-order valence-electron chi connectivity index (χ3n) is 4.13. The lowest BCUT2D eigenvalue weighted by Gasteiger charge is -2.19. The van der Waals surface area contributed by atoms with E-state index in [1.54, 1.807) is 12.1 Å². The number of sulfonamides is 2. The number of aromatic nitrogens is 2. The van der Waals surface area contributed by atoms with Crippen molar-refractivity contribution in [2.45, 2.75) is 29.7 Å². The summed E-state index contributed by atoms with van der Waals surface area (Å²) in [6, 6.07) is 11.2. The lowest BCUT2D eigenvalue weighted by atomic mass is 10.1. The van der Waals surface area contributed by atoms with Crippen LogP contribution in [0.2, 0.25) is 5.02 Å². The van der Waals surface area contributed by atoms with Crippen molar-refractivity contribution < 1.29 is 16.8 Å². The fourth-order valence-corrected chi connectivity index (χ4v) is 6.52. The monoisotopic (exact) mass is 564 g/mol. The molecule has 0 fully saturated rings. The van der Waals surface area contributed by atoms with E-state index in [4.69, 9.17) is 11.6 Å². The van der Waals surface area contributed by atoms with Crippen LogP contribution in [0, 0.1) is 5.92 Å². The second kappa shape index (κ2) is 9.51. The lowest BCUT2D eigenvalue weighted by Crippen LogP contribution is -2.31. The van der Waals surface area contributed by atoms with Gasteiger partial charge in [-0.05, 0) is 54.4 Å². The number of nitrogens with zero attached hydrogens (tertiary/aromatic N) is 2. The Morgan fingerprint density at radius 3 is 2.03 bits per heavy atom. The maximum Gasteiger partial charge on any atom is 0.263 e. The second-order valence-electron chi connectivity index (χ2n) is 6.80. The molecule has 0 aliphatic heterocycles. The summed E-state index contributed by atoms with van der Waals surface area (Å²) in [5.74, 6) is -0.175. The van der Waals surface area contributed by atoms with Crippen LogP contribution in [0.15, 0.2) is 62.8 Å². The van der Waals surface area contributed by atoms with Gasteiger partial charge in [0.25, 0.3) is 10.0 Å². The summed E-state index contributed by atoms with van der Waals surface area (Å²) in [5.41, 5.74) is 0. The molecule has 3 aromatic rings. The Bertz CT molecular complexity index is 1260. The third kappa shape index (κ3) is 6.02. The zero-order valence-corrected chi connectivity index (χ0v) is 21.1. The molecule has 0 amide bonds. The molecule has 0 saturated heterocycles. The first-order valence-corrected chi connectivity index (χ1v) is 13.8. The van der Waals surface area contributed by atoms with Crippen LogP contribution in [0.1, 0.15) is 24.9 Å². The van der Waals surface area contributed by atoms with Crippen LogP contribution in [-0.4, -0.2) is 27.0 Å². The minimum atomic E-state index is -3.86. The molecule has 13 heteroatoms. The lowest BCUT2D eigenvalue weighted by molar-refractivity contribution is 0.459. The molecule has 0 bridgehead atoms. The SMILES string of the molecule is CC(C)C(NS(=O)(=O)c1ccc(Cl)cc1)c1nnc(NS(=O)(=O)c2ccc(Br)cc2)s1. The van der Waals surface area contributed by atoms with Crippen LogP contribution in [0.25, 0.3) is 0 Å². The van der Waals surface area contributed by atoms with E-state index in [1.165, 1.54) is 36.4 Å². The Morgan fingerprint density at radius 1 is 0.903 bits per heavy atom. The highest BCUT2D eigenvalue weighted by atomic mass is 79.9. The van der Waals surface area contributed by atoms with E-state index >= 15 is 0 Å². The van der Waals surface area contributed by atoms with Crippen LogP contribution in [0.4, 0.5) is 5.13 Å². The van der Waals surface area contributed by atoms with Crippen molar-refractivity contribution in [2.24, 2.45) is 5.92 Å². The summed E-state index contributed by atoms with van der Waals surface area (Å²) in [6.45, 7) is 3.64. The van der Waals surface area contributed by atoms with Gasteiger partial charge in [-0.25, -0.2) is 21.6 Å². The number of nitrogens with one attached hydrogen (secondary N) is 2. The topological polar surface area (TPSA) is 118 Å². The fraction of sp³-hybridized carbons (Fsp3) is 0.222. The summed E-state index contributed by atoms with van der Waals surface area (Å²) >= 11 is 10.1. The zero-order chi connectivity index (χ0) is 22.8. The molecule has 1 heterocycles. The van der Waals surface area contributed by atoms with E-state index in [0.29, 0.717) is 10.0 Å². The molecule has 0 aliphatic rings. The molecule has 0 radical (unpaired) electrons. The molecule has 1 aromatic heterocycles. The van der Waals surface area contributed by atoms with E-state index in [9.17, 15) is 16.8 Å². The number of benzene rings is 2. The molecule has 0 aliphatic carbocycles. The van der Waals surface area contributed by atoms with Crippen molar-refractivity contribution in [3.8, 4) is 0 Å². The zero-order valence-electron chi connectivity index (χ0n) is 16.3. The molecule has 8 nitrogen and oxygen atoms in total. The molecule has 3 rings (SSSR count). The number of rotatable bonds is 8. The standard InChI is InChI=1S/C18H18BrClN4O4S3/c1-11(2)16(23-30(25,26)15-9-5-13(20)6-10-15)17-21-22-18(29-17)24-31(27,28)14-7-3-12(19)4-8-14/h3-11,16,23H,1-2H3,(H,22,24). The van der Waals surface area contributed by atoms with Gasteiger partial charge >= 0.3 is 0 Å². The highest BCUT2D eigenvalue weighted by Gasteiger charge is 2.28. The highest BCUT2D eigenvalue weighted by molar-refractivity contribution is 9.10. The quantitative estimate of drug-likeness (QED) is 0.417. The van der Waals surface area contributed by atoms with E-state index in [0.717, 1.165) is 15.8 Å². The van der Waals surface area contributed by atoms with Gasteiger partial charge in [0, 0.05) is 9.50 Å². The maximum absolute atomic E-state index is 12.8. The summed E-state index contributed by atoms with van der Waals surface area (Å²) in [5, 5.41) is 8.68. The first kappa shape index (κ1) is 24.1. The molecule has 2 aromatic carbocycles. The summed E-state index contributed by atoms with van der Waals surface area (Å²) in [4.78, 5) is 0.125. The van der Waals surface area contributed by atoms with Crippen LogP contribution in [0.5, 0.6) is 0 Å². The minimum absolute atomic E-state index is 0.0364. The van der Waals surface area contributed by atoms with Gasteiger partial charge in [0.2, 0.25) is 15.2 Å². The van der Waals surface area contributed by atoms with Gasteiger partial charge in [-0.2, -0.15) is 0 Å². The molecule has 2 N–H and O–H groups in total. The average Bonchev–Trinajstić information content (AvgIpc) is 3.14. The Balaban J connectivity index is 1.82. The van der Waals surface area contributed by atoms with Crippen LogP contribution < -0.4 is 9.44 Å². The highest BCUT2D eigenvalue weighted by Crippen LogP contribution is 2.30. The molecule has 1 atom stereocenters. The van der Waals surface area contributed by atoms with Crippen molar-refractivity contribution in [3.63, 3.8) is 0 Å². The predicted octanol–water partition coefficient (Wildman–Crippen LogP) is 4.43. The molecule has 31 heavy (non-hydrogen) atoms. The van der Waals surface area contributed by atoms with Gasteiger partial charge in [0.05, 0.1) is 15.8 Å². The molecule has 0 spiro atoms. The van der Waals surface area contributed by atoms with Crippen LogP contribution >= 0.6 is 38.9 Å². The Hall–Kier alpha value is -1.57. The fourth-order valence-electron chi connectivity index (χ4n) is 2.51. The van der Waals surface area contributed by atoms with Gasteiger partial charge in [0.1, 0.15) is 5.01 Å². The van der Waals surface area contributed by atoms with Crippen LogP contribution in [-0.2, 0) is 20.0 Å². The van der Waals surface area contributed by atoms with Gasteiger partial charge in [-0.15, -0.1) is 10.2 Å². The second-order valence-corrected chi connectivity index (χ2v) is 12.6. The predicted molar refractivity (Wildman–Crippen MR) is 124 cm³/mol. The summed E-state index contributed by atoms with van der Waals surface area (Å²) in [7, 11) is -7.71. The van der Waals surface area contributed by atoms with E-state index in [1.807, 2.05) is 13.8 Å². The first-order valence-electron chi connectivity index (χ1n) is 8.87. The number of hydrogen-bond donors (Lipinski definition) is 2. The summed E-state index contributed by atoms with van der Waals surface area (Å²) in [6.07, 6.45) is 0. The van der Waals surface area contributed by atoms with Gasteiger partial charge < -0.3 is 0 Å². The largest absolute Gasteiger partial charge is 0.263 e. The molecule has 0 saturated carbocycles. The number of anilines is 1. The Morgan fingerprint density at radius 2 is 1.45 bits per heavy atom. The van der Waals surface area contributed by atoms with Gasteiger partial charge in [0.15, 0.2) is 0 Å². The Kier molecular flexibility index (Phi) is 7.39. The number of hydrogen-bond acceptors (Lipinski definition) is 7. The normalized spacial score (nSPS) is 13.3. The number of halogens is 2. The van der Waals surface area contributed by atoms with Crippen molar-refractivity contribution in [3.05, 3.63) is 63.0 Å². The smallest absolute Gasteiger partial charge is 0.253 e. The average molecular weight is 566 g/mol. The molecule has 166 valence electrons.